The highest BCUT2D eigenvalue weighted by molar-refractivity contribution is 6.34. The number of hydrogen-bond donors (Lipinski definition) is 1. The van der Waals surface area contributed by atoms with E-state index in [2.05, 4.69) is 10.1 Å². The summed E-state index contributed by atoms with van der Waals surface area (Å²) in [5.41, 5.74) is -0.0402. The first-order valence-electron chi connectivity index (χ1n) is 8.21. The minimum atomic E-state index is -1.01. The summed E-state index contributed by atoms with van der Waals surface area (Å²) in [7, 11) is 1.14. The third kappa shape index (κ3) is 3.90. The number of nitrogens with one attached hydrogen (secondary N) is 1. The van der Waals surface area contributed by atoms with Crippen molar-refractivity contribution in [2.75, 3.05) is 19.0 Å². The molecule has 0 amide bonds. The summed E-state index contributed by atoms with van der Waals surface area (Å²) in [5.74, 6) is -2.79. The van der Waals surface area contributed by atoms with Crippen molar-refractivity contribution >= 4 is 28.9 Å². The fraction of sp³-hybridized carbons (Fsp3) is 0.278. The van der Waals surface area contributed by atoms with E-state index in [1.165, 1.54) is 12.1 Å². The van der Waals surface area contributed by atoms with Gasteiger partial charge in [-0.25, -0.2) is 13.6 Å². The van der Waals surface area contributed by atoms with Crippen LogP contribution in [0.2, 0.25) is 5.02 Å². The monoisotopic (exact) mass is 412 g/mol. The maximum atomic E-state index is 13.6. The van der Waals surface area contributed by atoms with Gasteiger partial charge in [0.25, 0.3) is 5.69 Å². The number of hydrogen-bond acceptors (Lipinski definition) is 6. The van der Waals surface area contributed by atoms with Crippen LogP contribution in [0.3, 0.4) is 0 Å². The van der Waals surface area contributed by atoms with Gasteiger partial charge in [0.2, 0.25) is 0 Å². The fourth-order valence-electron chi connectivity index (χ4n) is 3.05. The molecule has 1 fully saturated rings. The number of benzene rings is 2. The molecular formula is C18H15ClF2N2O5. The highest BCUT2D eigenvalue weighted by Crippen LogP contribution is 2.37. The third-order valence-corrected chi connectivity index (χ3v) is 4.70. The number of ether oxygens (including phenoxy) is 2. The van der Waals surface area contributed by atoms with Crippen LogP contribution in [0, 0.1) is 21.7 Å². The van der Waals surface area contributed by atoms with E-state index >= 15 is 0 Å². The van der Waals surface area contributed by atoms with Crippen LogP contribution in [-0.4, -0.2) is 30.7 Å². The Balaban J connectivity index is 1.93. The van der Waals surface area contributed by atoms with Crippen LogP contribution in [0.25, 0.3) is 0 Å². The quantitative estimate of drug-likeness (QED) is 0.448. The molecule has 3 rings (SSSR count). The summed E-state index contributed by atoms with van der Waals surface area (Å²) in [6.07, 6.45) is -0.175. The second-order valence-electron chi connectivity index (χ2n) is 6.10. The van der Waals surface area contributed by atoms with Crippen molar-refractivity contribution in [1.82, 2.24) is 0 Å². The summed E-state index contributed by atoms with van der Waals surface area (Å²) in [6, 6.07) is 5.25. The Hall–Kier alpha value is -2.78. The van der Waals surface area contributed by atoms with Crippen molar-refractivity contribution in [3.05, 3.63) is 68.2 Å². The second-order valence-corrected chi connectivity index (χ2v) is 6.51. The molecule has 1 aliphatic heterocycles. The van der Waals surface area contributed by atoms with Crippen molar-refractivity contribution in [3.63, 3.8) is 0 Å². The lowest BCUT2D eigenvalue weighted by atomic mass is 10.0. The number of carbonyl (C=O) groups excluding carboxylic acids is 1. The van der Waals surface area contributed by atoms with E-state index in [1.807, 2.05) is 0 Å². The number of halogens is 3. The number of methoxy groups -OCH3 is 1. The average Bonchev–Trinajstić information content (AvgIpc) is 3.11. The molecule has 2 aromatic carbocycles. The molecule has 1 N–H and O–H groups in total. The van der Waals surface area contributed by atoms with Crippen LogP contribution in [0.1, 0.15) is 28.4 Å². The van der Waals surface area contributed by atoms with Crippen molar-refractivity contribution in [1.29, 1.82) is 0 Å². The summed E-state index contributed by atoms with van der Waals surface area (Å²) >= 11 is 6.07. The number of carbonyl (C=O) groups is 1. The smallest absolute Gasteiger partial charge is 0.339 e. The number of anilines is 1. The molecule has 0 saturated carbocycles. The third-order valence-electron chi connectivity index (χ3n) is 4.39. The molecule has 0 spiro atoms. The van der Waals surface area contributed by atoms with Gasteiger partial charge in [0.05, 0.1) is 28.7 Å². The summed E-state index contributed by atoms with van der Waals surface area (Å²) in [6.45, 7) is 0.323. The van der Waals surface area contributed by atoms with Gasteiger partial charge in [-0.2, -0.15) is 0 Å². The van der Waals surface area contributed by atoms with E-state index in [0.29, 0.717) is 18.6 Å². The zero-order chi connectivity index (χ0) is 20.4. The minimum absolute atomic E-state index is 0.0248. The lowest BCUT2D eigenvalue weighted by Crippen LogP contribution is -2.24. The molecule has 7 nitrogen and oxygen atoms in total. The Morgan fingerprint density at radius 1 is 1.32 bits per heavy atom. The topological polar surface area (TPSA) is 90.7 Å². The van der Waals surface area contributed by atoms with Gasteiger partial charge in [-0.05, 0) is 30.2 Å². The zero-order valence-electron chi connectivity index (χ0n) is 14.6. The van der Waals surface area contributed by atoms with Crippen LogP contribution in [-0.2, 0) is 9.47 Å². The molecule has 28 heavy (non-hydrogen) atoms. The standard InChI is InChI=1S/C18H15ClF2N2O5/c1-27-18(24)10-7-16(23(25)26)15(8-11(10)19)22-14-4-5-28-17(14)9-2-3-12(20)13(21)6-9/h2-3,6-8,14,17,22H,4-5H2,1H3. The van der Waals surface area contributed by atoms with Crippen LogP contribution in [0.15, 0.2) is 30.3 Å². The first-order valence-corrected chi connectivity index (χ1v) is 8.59. The van der Waals surface area contributed by atoms with Gasteiger partial charge in [0, 0.05) is 12.7 Å². The molecule has 10 heteroatoms. The Morgan fingerprint density at radius 3 is 2.71 bits per heavy atom. The predicted molar refractivity (Wildman–Crippen MR) is 96.5 cm³/mol. The zero-order valence-corrected chi connectivity index (χ0v) is 15.3. The SMILES string of the molecule is COC(=O)c1cc([N+](=O)[O-])c(NC2CCOC2c2ccc(F)c(F)c2)cc1Cl. The van der Waals surface area contributed by atoms with Gasteiger partial charge in [-0.1, -0.05) is 17.7 Å². The van der Waals surface area contributed by atoms with Crippen LogP contribution < -0.4 is 5.32 Å². The lowest BCUT2D eigenvalue weighted by Gasteiger charge is -2.21. The van der Waals surface area contributed by atoms with Gasteiger partial charge in [-0.3, -0.25) is 10.1 Å². The minimum Gasteiger partial charge on any atom is -0.465 e. The summed E-state index contributed by atoms with van der Waals surface area (Å²) in [5, 5.41) is 14.4. The molecule has 1 heterocycles. The van der Waals surface area contributed by atoms with Crippen molar-refractivity contribution in [2.24, 2.45) is 0 Å². The molecule has 0 aromatic heterocycles. The first kappa shape index (κ1) is 20.0. The van der Waals surface area contributed by atoms with Gasteiger partial charge in [0.15, 0.2) is 11.6 Å². The maximum absolute atomic E-state index is 13.6. The van der Waals surface area contributed by atoms with Gasteiger partial charge >= 0.3 is 5.97 Å². The molecule has 2 atom stereocenters. The normalized spacial score (nSPS) is 18.7. The summed E-state index contributed by atoms with van der Waals surface area (Å²) in [4.78, 5) is 22.5. The molecule has 1 saturated heterocycles. The van der Waals surface area contributed by atoms with Crippen molar-refractivity contribution in [3.8, 4) is 0 Å². The van der Waals surface area contributed by atoms with Crippen LogP contribution >= 0.6 is 11.6 Å². The Kier molecular flexibility index (Phi) is 5.76. The van der Waals surface area contributed by atoms with E-state index in [4.69, 9.17) is 16.3 Å². The lowest BCUT2D eigenvalue weighted by molar-refractivity contribution is -0.384. The predicted octanol–water partition coefficient (Wildman–Crippen LogP) is 4.26. The Labute approximate surface area is 163 Å². The molecule has 2 unspecified atom stereocenters. The highest BCUT2D eigenvalue weighted by Gasteiger charge is 2.32. The summed E-state index contributed by atoms with van der Waals surface area (Å²) < 4.78 is 36.9. The van der Waals surface area contributed by atoms with Crippen molar-refractivity contribution < 1.29 is 28.0 Å². The number of nitro benzene ring substituents is 1. The number of nitro groups is 1. The van der Waals surface area contributed by atoms with Crippen LogP contribution in [0.4, 0.5) is 20.2 Å². The Bertz CT molecular complexity index is 940. The van der Waals surface area contributed by atoms with E-state index in [1.54, 1.807) is 0 Å². The van der Waals surface area contributed by atoms with Crippen molar-refractivity contribution in [2.45, 2.75) is 18.6 Å². The highest BCUT2D eigenvalue weighted by atomic mass is 35.5. The molecule has 148 valence electrons. The van der Waals surface area contributed by atoms with Gasteiger partial charge in [0.1, 0.15) is 11.8 Å². The van der Waals surface area contributed by atoms with E-state index < -0.39 is 34.7 Å². The molecule has 2 aromatic rings. The number of nitrogens with zero attached hydrogens (tertiary/aromatic N) is 1. The second kappa shape index (κ2) is 8.07. The first-order chi connectivity index (χ1) is 13.3. The van der Waals surface area contributed by atoms with E-state index in [-0.39, 0.29) is 22.0 Å². The van der Waals surface area contributed by atoms with E-state index in [0.717, 1.165) is 25.3 Å². The molecular weight excluding hydrogens is 398 g/mol. The Morgan fingerprint density at radius 2 is 2.07 bits per heavy atom. The molecule has 0 aliphatic carbocycles. The van der Waals surface area contributed by atoms with Gasteiger partial charge in [-0.15, -0.1) is 0 Å². The van der Waals surface area contributed by atoms with Crippen LogP contribution in [0.5, 0.6) is 0 Å². The fourth-order valence-corrected chi connectivity index (χ4v) is 3.29. The number of esters is 1. The maximum Gasteiger partial charge on any atom is 0.339 e. The largest absolute Gasteiger partial charge is 0.465 e. The van der Waals surface area contributed by atoms with E-state index in [9.17, 15) is 23.7 Å². The molecule has 0 bridgehead atoms. The van der Waals surface area contributed by atoms with Gasteiger partial charge < -0.3 is 14.8 Å². The number of rotatable bonds is 5. The average molecular weight is 413 g/mol. The molecule has 1 aliphatic rings. The molecule has 0 radical (unpaired) electrons.